The van der Waals surface area contributed by atoms with E-state index in [1.54, 1.807) is 6.07 Å². The molecule has 3 nitrogen and oxygen atoms in total. The van der Waals surface area contributed by atoms with Gasteiger partial charge in [-0.3, -0.25) is 0 Å². The van der Waals surface area contributed by atoms with Crippen molar-refractivity contribution in [1.82, 2.24) is 4.90 Å². The molecule has 0 saturated carbocycles. The minimum atomic E-state index is -0.220. The summed E-state index contributed by atoms with van der Waals surface area (Å²) in [6.07, 6.45) is 7.19. The molecule has 1 saturated heterocycles. The molecule has 0 aliphatic carbocycles. The van der Waals surface area contributed by atoms with Gasteiger partial charge in [0.15, 0.2) is 6.19 Å². The second-order valence-electron chi connectivity index (χ2n) is 5.84. The van der Waals surface area contributed by atoms with Gasteiger partial charge in [0, 0.05) is 24.1 Å². The van der Waals surface area contributed by atoms with Crippen LogP contribution in [0, 0.1) is 29.1 Å². The topological polar surface area (TPSA) is 36.3 Å². The summed E-state index contributed by atoms with van der Waals surface area (Å²) in [5.74, 6) is 1.60. The maximum atomic E-state index is 13.7. The highest BCUT2D eigenvalue weighted by Gasteiger charge is 2.23. The molecule has 1 unspecified atom stereocenters. The fourth-order valence-corrected chi connectivity index (χ4v) is 3.36. The molecule has 1 atom stereocenters. The molecule has 0 bridgehead atoms. The van der Waals surface area contributed by atoms with Crippen molar-refractivity contribution in [3.8, 4) is 11.9 Å². The summed E-state index contributed by atoms with van der Waals surface area (Å²) in [6.45, 7) is 4.59. The number of rotatable bonds is 6. The number of hydrogen-bond acceptors (Lipinski definition) is 4. The Hall–Kier alpha value is -1.41. The molecule has 1 aliphatic heterocycles. The van der Waals surface area contributed by atoms with Gasteiger partial charge < -0.3 is 9.64 Å². The number of thioether (sulfide) groups is 1. The molecule has 0 aromatic heterocycles. The average molecular weight is 322 g/mol. The average Bonchev–Trinajstić information content (AvgIpc) is 2.55. The van der Waals surface area contributed by atoms with E-state index in [0.29, 0.717) is 29.1 Å². The van der Waals surface area contributed by atoms with Crippen LogP contribution in [0.3, 0.4) is 0 Å². The van der Waals surface area contributed by atoms with E-state index in [9.17, 15) is 4.39 Å². The zero-order chi connectivity index (χ0) is 15.9. The van der Waals surface area contributed by atoms with Gasteiger partial charge in [-0.1, -0.05) is 6.92 Å². The summed E-state index contributed by atoms with van der Waals surface area (Å²) in [4.78, 5) is 2.47. The van der Waals surface area contributed by atoms with Crippen LogP contribution in [0.5, 0.6) is 5.75 Å². The Bertz CT molecular complexity index is 524. The first-order chi connectivity index (χ1) is 10.6. The summed E-state index contributed by atoms with van der Waals surface area (Å²) >= 11 is 1.40. The van der Waals surface area contributed by atoms with Crippen LogP contribution < -0.4 is 4.74 Å². The fourth-order valence-electron chi connectivity index (χ4n) is 2.90. The third-order valence-electron chi connectivity index (χ3n) is 4.45. The molecule has 1 aliphatic rings. The number of nitrogens with zero attached hydrogens (tertiary/aromatic N) is 2. The van der Waals surface area contributed by atoms with Crippen molar-refractivity contribution in [3.63, 3.8) is 0 Å². The number of piperidine rings is 1. The molecule has 1 fully saturated rings. The summed E-state index contributed by atoms with van der Waals surface area (Å²) in [5.41, 5.74) is 0. The standard InChI is InChI=1S/C17H23FN2OS/c1-13(14-5-8-20(12-19)9-6-14)7-10-21-15-3-4-17(22-2)16(18)11-15/h3-4,11,13-14H,5-10H2,1-2H3. The molecular formula is C17H23FN2OS. The van der Waals surface area contributed by atoms with E-state index in [2.05, 4.69) is 13.1 Å². The van der Waals surface area contributed by atoms with E-state index < -0.39 is 0 Å². The number of ether oxygens (including phenoxy) is 1. The largest absolute Gasteiger partial charge is 0.493 e. The molecule has 1 aromatic carbocycles. The predicted molar refractivity (Wildman–Crippen MR) is 87.4 cm³/mol. The first-order valence-corrected chi connectivity index (χ1v) is 8.97. The van der Waals surface area contributed by atoms with Crippen LogP contribution in [0.1, 0.15) is 26.2 Å². The molecule has 0 radical (unpaired) electrons. The van der Waals surface area contributed by atoms with E-state index in [0.717, 1.165) is 32.4 Å². The molecule has 2 rings (SSSR count). The van der Waals surface area contributed by atoms with Gasteiger partial charge >= 0.3 is 0 Å². The number of likely N-dealkylation sites (tertiary alicyclic amines) is 1. The zero-order valence-corrected chi connectivity index (χ0v) is 14.0. The Morgan fingerprint density at radius 3 is 2.77 bits per heavy atom. The molecule has 0 amide bonds. The van der Waals surface area contributed by atoms with Crippen LogP contribution in [0.2, 0.25) is 0 Å². The first kappa shape index (κ1) is 17.0. The van der Waals surface area contributed by atoms with Gasteiger partial charge in [0.25, 0.3) is 0 Å². The summed E-state index contributed by atoms with van der Waals surface area (Å²) in [5, 5.41) is 8.87. The highest BCUT2D eigenvalue weighted by atomic mass is 32.2. The molecule has 22 heavy (non-hydrogen) atoms. The van der Waals surface area contributed by atoms with Crippen molar-refractivity contribution in [2.24, 2.45) is 11.8 Å². The maximum absolute atomic E-state index is 13.7. The minimum absolute atomic E-state index is 0.220. The summed E-state index contributed by atoms with van der Waals surface area (Å²) in [7, 11) is 0. The third-order valence-corrected chi connectivity index (χ3v) is 5.22. The third kappa shape index (κ3) is 4.54. The Balaban J connectivity index is 1.74. The lowest BCUT2D eigenvalue weighted by Gasteiger charge is -2.32. The molecule has 1 heterocycles. The van der Waals surface area contributed by atoms with Crippen molar-refractivity contribution in [1.29, 1.82) is 5.26 Å². The van der Waals surface area contributed by atoms with Gasteiger partial charge in [-0.2, -0.15) is 5.26 Å². The van der Waals surface area contributed by atoms with Gasteiger partial charge in [-0.25, -0.2) is 4.39 Å². The van der Waals surface area contributed by atoms with Crippen molar-refractivity contribution in [2.45, 2.75) is 31.1 Å². The summed E-state index contributed by atoms with van der Waals surface area (Å²) in [6, 6.07) is 5.04. The number of halogens is 1. The minimum Gasteiger partial charge on any atom is -0.493 e. The predicted octanol–water partition coefficient (Wildman–Crippen LogP) is 4.15. The Morgan fingerprint density at radius 2 is 2.18 bits per heavy atom. The Morgan fingerprint density at radius 1 is 1.45 bits per heavy atom. The van der Waals surface area contributed by atoms with Gasteiger partial charge in [-0.15, -0.1) is 11.8 Å². The second-order valence-corrected chi connectivity index (χ2v) is 6.68. The smallest absolute Gasteiger partial charge is 0.179 e. The number of benzene rings is 1. The highest BCUT2D eigenvalue weighted by Crippen LogP contribution is 2.28. The fraction of sp³-hybridized carbons (Fsp3) is 0.588. The SMILES string of the molecule is CSc1ccc(OCCC(C)C2CCN(C#N)CC2)cc1F. The normalized spacial score (nSPS) is 17.1. The Labute approximate surface area is 136 Å². The van der Waals surface area contributed by atoms with Gasteiger partial charge in [-0.05, 0) is 49.5 Å². The van der Waals surface area contributed by atoms with Crippen LogP contribution in [-0.2, 0) is 0 Å². The lowest BCUT2D eigenvalue weighted by molar-refractivity contribution is 0.175. The first-order valence-electron chi connectivity index (χ1n) is 7.75. The molecule has 1 aromatic rings. The maximum Gasteiger partial charge on any atom is 0.179 e. The number of nitriles is 1. The van der Waals surface area contributed by atoms with Crippen molar-refractivity contribution in [2.75, 3.05) is 26.0 Å². The zero-order valence-electron chi connectivity index (χ0n) is 13.2. The van der Waals surface area contributed by atoms with Crippen molar-refractivity contribution in [3.05, 3.63) is 24.0 Å². The van der Waals surface area contributed by atoms with Crippen LogP contribution in [0.15, 0.2) is 23.1 Å². The van der Waals surface area contributed by atoms with E-state index in [1.165, 1.54) is 17.8 Å². The van der Waals surface area contributed by atoms with E-state index in [-0.39, 0.29) is 5.82 Å². The Kier molecular flexibility index (Phi) is 6.38. The lowest BCUT2D eigenvalue weighted by Crippen LogP contribution is -2.32. The van der Waals surface area contributed by atoms with Crippen LogP contribution in [-0.4, -0.2) is 30.9 Å². The highest BCUT2D eigenvalue weighted by molar-refractivity contribution is 7.98. The van der Waals surface area contributed by atoms with E-state index in [1.807, 2.05) is 17.2 Å². The summed E-state index contributed by atoms with van der Waals surface area (Å²) < 4.78 is 19.3. The van der Waals surface area contributed by atoms with Crippen molar-refractivity contribution >= 4 is 11.8 Å². The second kappa shape index (κ2) is 8.28. The molecular weight excluding hydrogens is 299 g/mol. The number of hydrogen-bond donors (Lipinski definition) is 0. The van der Waals surface area contributed by atoms with Crippen LogP contribution in [0.4, 0.5) is 4.39 Å². The molecule has 0 spiro atoms. The van der Waals surface area contributed by atoms with E-state index >= 15 is 0 Å². The van der Waals surface area contributed by atoms with E-state index in [4.69, 9.17) is 10.00 Å². The van der Waals surface area contributed by atoms with Crippen LogP contribution in [0.25, 0.3) is 0 Å². The molecule has 0 N–H and O–H groups in total. The quantitative estimate of drug-likeness (QED) is 0.582. The van der Waals surface area contributed by atoms with Crippen molar-refractivity contribution < 1.29 is 9.13 Å². The van der Waals surface area contributed by atoms with Crippen LogP contribution >= 0.6 is 11.8 Å². The van der Waals surface area contributed by atoms with Gasteiger partial charge in [0.2, 0.25) is 0 Å². The molecule has 120 valence electrons. The van der Waals surface area contributed by atoms with Gasteiger partial charge in [0.05, 0.1) is 6.61 Å². The lowest BCUT2D eigenvalue weighted by atomic mass is 9.84. The van der Waals surface area contributed by atoms with Gasteiger partial charge in [0.1, 0.15) is 11.6 Å². The molecule has 5 heteroatoms. The monoisotopic (exact) mass is 322 g/mol.